The van der Waals surface area contributed by atoms with Crippen molar-refractivity contribution in [2.75, 3.05) is 13.2 Å². The zero-order valence-corrected chi connectivity index (χ0v) is 19.5. The molecule has 0 fully saturated rings. The van der Waals surface area contributed by atoms with Crippen LogP contribution in [0.4, 0.5) is 0 Å². The molecule has 8 heteroatoms. The quantitative estimate of drug-likeness (QED) is 0.479. The number of carbonyl (C=O) groups is 4. The van der Waals surface area contributed by atoms with E-state index in [0.29, 0.717) is 37.2 Å². The highest BCUT2D eigenvalue weighted by Gasteiger charge is 2.12. The van der Waals surface area contributed by atoms with Crippen LogP contribution in [0.15, 0.2) is 85.4 Å². The molecule has 0 aromatic heterocycles. The lowest BCUT2D eigenvalue weighted by atomic mass is 10.1. The molecule has 5 rings (SSSR count). The lowest BCUT2D eigenvalue weighted by molar-refractivity contribution is 0.0427. The van der Waals surface area contributed by atoms with E-state index in [1.807, 2.05) is 36.4 Å². The fraction of sp³-hybridized carbons (Fsp3) is 0.143. The average molecular weight is 491 g/mol. The molecule has 3 aromatic rings. The van der Waals surface area contributed by atoms with Crippen molar-refractivity contribution in [3.05, 3.63) is 113 Å². The highest BCUT2D eigenvalue weighted by atomic mass is 16.5. The van der Waals surface area contributed by atoms with Gasteiger partial charge in [-0.15, -0.1) is 0 Å². The second-order valence-electron chi connectivity index (χ2n) is 7.36. The van der Waals surface area contributed by atoms with Crippen molar-refractivity contribution in [1.29, 1.82) is 0 Å². The molecule has 2 aliphatic rings. The molecule has 0 saturated heterocycles. The van der Waals surface area contributed by atoms with Gasteiger partial charge in [0, 0.05) is 0 Å². The van der Waals surface area contributed by atoms with Gasteiger partial charge in [0.2, 0.25) is 0 Å². The first kappa shape index (κ1) is 27.5. The Hall–Kier alpha value is -4.72. The molecule has 0 saturated carbocycles. The molecule has 3 aromatic carbocycles. The van der Waals surface area contributed by atoms with Gasteiger partial charge in [-0.2, -0.15) is 0 Å². The van der Waals surface area contributed by atoms with Crippen LogP contribution < -0.4 is 0 Å². The zero-order valence-electron chi connectivity index (χ0n) is 19.5. The number of rotatable bonds is 3. The minimum atomic E-state index is -1.13. The van der Waals surface area contributed by atoms with E-state index in [-0.39, 0.29) is 23.1 Å². The SMILES string of the molecule is C=Cc1ccccc1.O=C(O)c1cccc(C(=O)O)c1.O=C1OCCCCOC(=O)c2ccc1cc2. The van der Waals surface area contributed by atoms with E-state index in [4.69, 9.17) is 19.7 Å². The molecule has 2 bridgehead atoms. The Labute approximate surface area is 208 Å². The summed E-state index contributed by atoms with van der Waals surface area (Å²) in [5.74, 6) is -2.95. The Balaban J connectivity index is 0.000000202. The van der Waals surface area contributed by atoms with E-state index in [9.17, 15) is 19.2 Å². The molecule has 0 amide bonds. The standard InChI is InChI=1S/C12H12O4.C8H6O4.C8H8/c13-11-9-3-5-10(6-4-9)12(14)16-8-2-1-7-15-11;9-7(10)5-2-1-3-6(4-5)8(11)12;1-2-8-6-4-3-5-7-8/h3-6H,1-2,7-8H2;1-4H,(H,9,10)(H,11,12);2-7H,1H2. The Kier molecular flexibility index (Phi) is 11.1. The molecular formula is C28H26O8. The fourth-order valence-corrected chi connectivity index (χ4v) is 2.82. The van der Waals surface area contributed by atoms with Crippen molar-refractivity contribution in [1.82, 2.24) is 0 Å². The van der Waals surface area contributed by atoms with Crippen molar-refractivity contribution < 1.29 is 38.9 Å². The third-order valence-electron chi connectivity index (χ3n) is 4.75. The van der Waals surface area contributed by atoms with Gasteiger partial charge in [-0.3, -0.25) is 0 Å². The minimum absolute atomic E-state index is 0.0186. The number of benzene rings is 3. The maximum absolute atomic E-state index is 11.5. The van der Waals surface area contributed by atoms with Gasteiger partial charge >= 0.3 is 23.9 Å². The van der Waals surface area contributed by atoms with Crippen LogP contribution in [0.5, 0.6) is 0 Å². The first-order valence-corrected chi connectivity index (χ1v) is 11.0. The Morgan fingerprint density at radius 3 is 1.50 bits per heavy atom. The summed E-state index contributed by atoms with van der Waals surface area (Å²) in [4.78, 5) is 43.7. The van der Waals surface area contributed by atoms with Crippen LogP contribution >= 0.6 is 0 Å². The molecule has 8 nitrogen and oxygen atoms in total. The Bertz CT molecular complexity index is 1120. The first-order chi connectivity index (χ1) is 17.3. The van der Waals surface area contributed by atoms with Crippen molar-refractivity contribution in [3.63, 3.8) is 0 Å². The highest BCUT2D eigenvalue weighted by Crippen LogP contribution is 2.10. The van der Waals surface area contributed by atoms with E-state index in [0.717, 1.165) is 6.07 Å². The van der Waals surface area contributed by atoms with E-state index < -0.39 is 11.9 Å². The van der Waals surface area contributed by atoms with Gasteiger partial charge in [-0.1, -0.05) is 49.1 Å². The Morgan fingerprint density at radius 2 is 1.14 bits per heavy atom. The molecule has 2 heterocycles. The predicted molar refractivity (Wildman–Crippen MR) is 133 cm³/mol. The molecule has 36 heavy (non-hydrogen) atoms. The average Bonchev–Trinajstić information content (AvgIpc) is 2.91. The van der Waals surface area contributed by atoms with Gasteiger partial charge in [0.15, 0.2) is 0 Å². The van der Waals surface area contributed by atoms with Gasteiger partial charge in [-0.05, 0) is 60.9 Å². The number of hydrogen-bond acceptors (Lipinski definition) is 6. The summed E-state index contributed by atoms with van der Waals surface area (Å²) in [6, 6.07) is 21.5. The van der Waals surface area contributed by atoms with Crippen LogP contribution in [0.25, 0.3) is 6.08 Å². The summed E-state index contributed by atoms with van der Waals surface area (Å²) >= 11 is 0. The molecule has 0 atom stereocenters. The second kappa shape index (κ2) is 14.5. The number of esters is 2. The summed E-state index contributed by atoms with van der Waals surface area (Å²) in [7, 11) is 0. The molecule has 0 radical (unpaired) electrons. The monoisotopic (exact) mass is 490 g/mol. The molecule has 0 aliphatic carbocycles. The van der Waals surface area contributed by atoms with Gasteiger partial charge in [-0.25, -0.2) is 19.2 Å². The molecule has 2 N–H and O–H groups in total. The van der Waals surface area contributed by atoms with Crippen molar-refractivity contribution >= 4 is 30.0 Å². The van der Waals surface area contributed by atoms with Crippen molar-refractivity contribution in [2.45, 2.75) is 12.8 Å². The third kappa shape index (κ3) is 9.26. The molecule has 0 unspecified atom stereocenters. The maximum atomic E-state index is 11.5. The van der Waals surface area contributed by atoms with E-state index >= 15 is 0 Å². The molecule has 2 aliphatic heterocycles. The molecular weight excluding hydrogens is 464 g/mol. The second-order valence-corrected chi connectivity index (χ2v) is 7.36. The van der Waals surface area contributed by atoms with Crippen LogP contribution in [0.2, 0.25) is 0 Å². The lowest BCUT2D eigenvalue weighted by Crippen LogP contribution is -2.12. The summed E-state index contributed by atoms with van der Waals surface area (Å²) in [5.41, 5.74) is 2.05. The molecule has 186 valence electrons. The van der Waals surface area contributed by atoms with E-state index in [2.05, 4.69) is 6.58 Å². The number of aromatic carboxylic acids is 2. The lowest BCUT2D eigenvalue weighted by Gasteiger charge is -2.09. The summed E-state index contributed by atoms with van der Waals surface area (Å²) < 4.78 is 10.1. The van der Waals surface area contributed by atoms with Crippen LogP contribution in [0, 0.1) is 0 Å². The van der Waals surface area contributed by atoms with E-state index in [1.165, 1.54) is 23.8 Å². The largest absolute Gasteiger partial charge is 0.478 e. The predicted octanol–water partition coefficient (Wildman–Crippen LogP) is 5.21. The number of hydrogen-bond donors (Lipinski definition) is 2. The smallest absolute Gasteiger partial charge is 0.338 e. The van der Waals surface area contributed by atoms with Gasteiger partial charge in [0.05, 0.1) is 35.5 Å². The normalized spacial score (nSPS) is 12.6. The maximum Gasteiger partial charge on any atom is 0.338 e. The summed E-state index contributed by atoms with van der Waals surface area (Å²) in [6.07, 6.45) is 3.24. The zero-order chi connectivity index (χ0) is 26.3. The van der Waals surface area contributed by atoms with Gasteiger partial charge in [0.25, 0.3) is 0 Å². The molecule has 0 spiro atoms. The minimum Gasteiger partial charge on any atom is -0.478 e. The number of ether oxygens (including phenoxy) is 2. The summed E-state index contributed by atoms with van der Waals surface area (Å²) in [5, 5.41) is 17.0. The first-order valence-electron chi connectivity index (χ1n) is 11.0. The van der Waals surface area contributed by atoms with Gasteiger partial charge in [0.1, 0.15) is 0 Å². The number of carboxylic acid groups (broad SMARTS) is 2. The van der Waals surface area contributed by atoms with Crippen molar-refractivity contribution in [2.24, 2.45) is 0 Å². The van der Waals surface area contributed by atoms with Gasteiger partial charge < -0.3 is 19.7 Å². The van der Waals surface area contributed by atoms with Crippen LogP contribution in [0.3, 0.4) is 0 Å². The number of carbonyl (C=O) groups excluding carboxylic acids is 2. The number of fused-ring (bicyclic) bond motifs is 9. The summed E-state index contributed by atoms with van der Waals surface area (Å²) in [6.45, 7) is 4.35. The van der Waals surface area contributed by atoms with Crippen LogP contribution in [-0.4, -0.2) is 47.3 Å². The topological polar surface area (TPSA) is 127 Å². The third-order valence-corrected chi connectivity index (χ3v) is 4.75. The van der Waals surface area contributed by atoms with Crippen LogP contribution in [0.1, 0.15) is 59.8 Å². The Morgan fingerprint density at radius 1 is 0.694 bits per heavy atom. The number of carboxylic acids is 2. The van der Waals surface area contributed by atoms with E-state index in [1.54, 1.807) is 24.3 Å². The highest BCUT2D eigenvalue weighted by molar-refractivity contribution is 5.94. The fourth-order valence-electron chi connectivity index (χ4n) is 2.82. The van der Waals surface area contributed by atoms with Crippen LogP contribution in [-0.2, 0) is 9.47 Å². The van der Waals surface area contributed by atoms with Crippen molar-refractivity contribution in [3.8, 4) is 0 Å².